The fourth-order valence-corrected chi connectivity index (χ4v) is 2.12. The molecule has 0 spiro atoms. The Balaban J connectivity index is 0.00000364. The first-order valence-electron chi connectivity index (χ1n) is 9.02. The second kappa shape index (κ2) is 9.57. The molecule has 2 aromatic heterocycles. The molecule has 0 saturated carbocycles. The SMILES string of the molecule is CCNC(=NCc1ncc(C(C)(C)C)o1)NCc1ncc(C(C)(C)C)o1.I. The van der Waals surface area contributed by atoms with Gasteiger partial charge in [0.05, 0.1) is 18.9 Å². The third kappa shape index (κ3) is 7.15. The Morgan fingerprint density at radius 1 is 0.926 bits per heavy atom. The van der Waals surface area contributed by atoms with Gasteiger partial charge in [0, 0.05) is 17.4 Å². The van der Waals surface area contributed by atoms with Crippen LogP contribution in [0.2, 0.25) is 0 Å². The van der Waals surface area contributed by atoms with E-state index in [0.717, 1.165) is 18.1 Å². The molecule has 0 aliphatic heterocycles. The van der Waals surface area contributed by atoms with E-state index in [1.807, 2.05) is 6.92 Å². The quantitative estimate of drug-likeness (QED) is 0.373. The number of aliphatic imine (C=N–C) groups is 1. The zero-order valence-electron chi connectivity index (χ0n) is 17.3. The van der Waals surface area contributed by atoms with Gasteiger partial charge in [0.2, 0.25) is 11.8 Å². The van der Waals surface area contributed by atoms with E-state index >= 15 is 0 Å². The average molecular weight is 489 g/mol. The summed E-state index contributed by atoms with van der Waals surface area (Å²) in [5.74, 6) is 3.62. The second-order valence-electron chi connectivity index (χ2n) is 8.29. The van der Waals surface area contributed by atoms with Crippen molar-refractivity contribution >= 4 is 29.9 Å². The number of rotatable bonds is 5. The highest BCUT2D eigenvalue weighted by molar-refractivity contribution is 14.0. The predicted molar refractivity (Wildman–Crippen MR) is 117 cm³/mol. The van der Waals surface area contributed by atoms with E-state index < -0.39 is 0 Å². The highest BCUT2D eigenvalue weighted by Crippen LogP contribution is 2.23. The van der Waals surface area contributed by atoms with Crippen LogP contribution < -0.4 is 10.6 Å². The van der Waals surface area contributed by atoms with Crippen LogP contribution in [0.3, 0.4) is 0 Å². The maximum atomic E-state index is 5.79. The van der Waals surface area contributed by atoms with Crippen LogP contribution in [0, 0.1) is 0 Å². The van der Waals surface area contributed by atoms with E-state index in [1.165, 1.54) is 0 Å². The van der Waals surface area contributed by atoms with Crippen LogP contribution in [-0.4, -0.2) is 22.5 Å². The zero-order chi connectivity index (χ0) is 19.4. The van der Waals surface area contributed by atoms with Gasteiger partial charge in [-0.15, -0.1) is 24.0 Å². The molecule has 0 radical (unpaired) electrons. The lowest BCUT2D eigenvalue weighted by atomic mass is 9.94. The molecule has 0 aliphatic rings. The third-order valence-corrected chi connectivity index (χ3v) is 3.71. The first kappa shape index (κ1) is 23.5. The van der Waals surface area contributed by atoms with Gasteiger partial charge in [-0.1, -0.05) is 41.5 Å². The van der Waals surface area contributed by atoms with Gasteiger partial charge >= 0.3 is 0 Å². The van der Waals surface area contributed by atoms with Crippen molar-refractivity contribution in [1.82, 2.24) is 20.6 Å². The molecule has 2 heterocycles. The van der Waals surface area contributed by atoms with Crippen molar-refractivity contribution in [2.24, 2.45) is 4.99 Å². The van der Waals surface area contributed by atoms with Crippen molar-refractivity contribution in [2.45, 2.75) is 72.4 Å². The highest BCUT2D eigenvalue weighted by atomic mass is 127. The van der Waals surface area contributed by atoms with Gasteiger partial charge in [-0.3, -0.25) is 0 Å². The molecule has 2 N–H and O–H groups in total. The number of oxazole rings is 2. The molecule has 2 aromatic rings. The van der Waals surface area contributed by atoms with Gasteiger partial charge < -0.3 is 19.5 Å². The molecule has 0 unspecified atom stereocenters. The van der Waals surface area contributed by atoms with Crippen LogP contribution in [0.15, 0.2) is 26.2 Å². The Morgan fingerprint density at radius 2 is 1.44 bits per heavy atom. The fraction of sp³-hybridized carbons (Fsp3) is 0.632. The van der Waals surface area contributed by atoms with E-state index in [2.05, 4.69) is 67.1 Å². The van der Waals surface area contributed by atoms with Gasteiger partial charge in [0.15, 0.2) is 5.96 Å². The number of hydrogen-bond donors (Lipinski definition) is 2. The minimum atomic E-state index is -0.0621. The summed E-state index contributed by atoms with van der Waals surface area (Å²) in [6.45, 7) is 16.2. The van der Waals surface area contributed by atoms with Crippen LogP contribution in [0.1, 0.15) is 71.8 Å². The van der Waals surface area contributed by atoms with Crippen molar-refractivity contribution in [2.75, 3.05) is 6.54 Å². The molecular weight excluding hydrogens is 457 g/mol. The van der Waals surface area contributed by atoms with Crippen molar-refractivity contribution in [3.8, 4) is 0 Å². The molecule has 0 amide bonds. The van der Waals surface area contributed by atoms with Gasteiger partial charge in [-0.25, -0.2) is 15.0 Å². The van der Waals surface area contributed by atoms with Crippen molar-refractivity contribution in [3.05, 3.63) is 35.7 Å². The Hall–Kier alpha value is -1.58. The van der Waals surface area contributed by atoms with E-state index in [0.29, 0.717) is 30.8 Å². The lowest BCUT2D eigenvalue weighted by molar-refractivity contribution is 0.379. The summed E-state index contributed by atoms with van der Waals surface area (Å²) >= 11 is 0. The molecule has 7 nitrogen and oxygen atoms in total. The van der Waals surface area contributed by atoms with E-state index in [1.54, 1.807) is 12.4 Å². The molecule has 2 rings (SSSR count). The molecule has 0 saturated heterocycles. The number of guanidine groups is 1. The van der Waals surface area contributed by atoms with Crippen molar-refractivity contribution in [3.63, 3.8) is 0 Å². The largest absolute Gasteiger partial charge is 0.443 e. The monoisotopic (exact) mass is 489 g/mol. The molecule has 27 heavy (non-hydrogen) atoms. The summed E-state index contributed by atoms with van der Waals surface area (Å²) in [7, 11) is 0. The summed E-state index contributed by atoms with van der Waals surface area (Å²) in [6.07, 6.45) is 3.55. The molecular formula is C19H32IN5O2. The number of hydrogen-bond acceptors (Lipinski definition) is 5. The smallest absolute Gasteiger partial charge is 0.216 e. The summed E-state index contributed by atoms with van der Waals surface area (Å²) in [6, 6.07) is 0. The summed E-state index contributed by atoms with van der Waals surface area (Å²) in [4.78, 5) is 13.1. The van der Waals surface area contributed by atoms with Crippen LogP contribution in [-0.2, 0) is 23.9 Å². The second-order valence-corrected chi connectivity index (χ2v) is 8.29. The zero-order valence-corrected chi connectivity index (χ0v) is 19.7. The van der Waals surface area contributed by atoms with Crippen LogP contribution >= 0.6 is 24.0 Å². The fourth-order valence-electron chi connectivity index (χ4n) is 2.12. The molecule has 152 valence electrons. The number of aromatic nitrogens is 2. The topological polar surface area (TPSA) is 88.5 Å². The molecule has 0 aliphatic carbocycles. The lowest BCUT2D eigenvalue weighted by Crippen LogP contribution is -2.36. The molecule has 0 bridgehead atoms. The first-order valence-corrected chi connectivity index (χ1v) is 9.02. The van der Waals surface area contributed by atoms with Crippen LogP contribution in [0.5, 0.6) is 0 Å². The summed E-state index contributed by atoms with van der Waals surface area (Å²) in [5.41, 5.74) is -0.118. The number of nitrogens with one attached hydrogen (secondary N) is 2. The number of halogens is 1. The average Bonchev–Trinajstić information content (AvgIpc) is 3.18. The minimum absolute atomic E-state index is 0. The lowest BCUT2D eigenvalue weighted by Gasteiger charge is -2.13. The van der Waals surface area contributed by atoms with Crippen LogP contribution in [0.25, 0.3) is 0 Å². The normalized spacial score (nSPS) is 12.6. The molecule has 0 atom stereocenters. The van der Waals surface area contributed by atoms with Crippen molar-refractivity contribution < 1.29 is 8.83 Å². The molecule has 0 aromatic carbocycles. The number of nitrogens with zero attached hydrogens (tertiary/aromatic N) is 3. The Bertz CT molecular complexity index is 738. The van der Waals surface area contributed by atoms with E-state index in [-0.39, 0.29) is 34.8 Å². The van der Waals surface area contributed by atoms with Crippen LogP contribution in [0.4, 0.5) is 0 Å². The van der Waals surface area contributed by atoms with E-state index in [9.17, 15) is 0 Å². The summed E-state index contributed by atoms with van der Waals surface area (Å²) < 4.78 is 11.6. The first-order chi connectivity index (χ1) is 12.1. The molecule has 0 fully saturated rings. The standard InChI is InChI=1S/C19H31N5O2.HI/c1-8-20-17(23-11-15-21-9-13(25-15)18(2,3)4)24-12-16-22-10-14(26-16)19(5,6)7;/h9-10H,8,11-12H2,1-7H3,(H2,20,23,24);1H. The maximum absolute atomic E-state index is 5.79. The maximum Gasteiger partial charge on any atom is 0.216 e. The van der Waals surface area contributed by atoms with Gasteiger partial charge in [-0.2, -0.15) is 0 Å². The Morgan fingerprint density at radius 3 is 1.93 bits per heavy atom. The predicted octanol–water partition coefficient (Wildman–Crippen LogP) is 4.13. The highest BCUT2D eigenvalue weighted by Gasteiger charge is 2.20. The van der Waals surface area contributed by atoms with E-state index in [4.69, 9.17) is 8.83 Å². The van der Waals surface area contributed by atoms with Gasteiger partial charge in [0.25, 0.3) is 0 Å². The van der Waals surface area contributed by atoms with Gasteiger partial charge in [0.1, 0.15) is 18.1 Å². The van der Waals surface area contributed by atoms with Gasteiger partial charge in [-0.05, 0) is 6.92 Å². The minimum Gasteiger partial charge on any atom is -0.443 e. The molecule has 8 heteroatoms. The summed E-state index contributed by atoms with van der Waals surface area (Å²) in [5, 5.41) is 6.42. The third-order valence-electron chi connectivity index (χ3n) is 3.71. The van der Waals surface area contributed by atoms with Crippen molar-refractivity contribution in [1.29, 1.82) is 0 Å². The Kier molecular flexibility index (Phi) is 8.31. The Labute approximate surface area is 178 Å².